The van der Waals surface area contributed by atoms with Crippen LogP contribution in [0.2, 0.25) is 0 Å². The maximum atomic E-state index is 11.6. The average molecular weight is 362 g/mol. The second kappa shape index (κ2) is 9.09. The minimum Gasteiger partial charge on any atom is -0.273 e. The number of hydrogen-bond donors (Lipinski definition) is 2. The van der Waals surface area contributed by atoms with Gasteiger partial charge in [0.25, 0.3) is 0 Å². The second-order valence-corrected chi connectivity index (χ2v) is 6.92. The van der Waals surface area contributed by atoms with Crippen molar-refractivity contribution in [1.29, 1.82) is 0 Å². The van der Waals surface area contributed by atoms with Gasteiger partial charge in [0.15, 0.2) is 0 Å². The summed E-state index contributed by atoms with van der Waals surface area (Å²) in [5, 5.41) is 11.7. The number of thiophene rings is 2. The molecule has 8 heteroatoms. The summed E-state index contributed by atoms with van der Waals surface area (Å²) in [5.74, 6) is -0.623. The first-order valence-corrected chi connectivity index (χ1v) is 9.04. The zero-order valence-electron chi connectivity index (χ0n) is 13.4. The fraction of sp³-hybridized carbons (Fsp3) is 0.250. The lowest BCUT2D eigenvalue weighted by molar-refractivity contribution is -0.126. The molecule has 0 bridgehead atoms. The van der Waals surface area contributed by atoms with Crippen LogP contribution >= 0.6 is 22.7 Å². The average Bonchev–Trinajstić information content (AvgIpc) is 3.14. The lowest BCUT2D eigenvalue weighted by atomic mass is 10.3. The first kappa shape index (κ1) is 18.0. The van der Waals surface area contributed by atoms with E-state index in [9.17, 15) is 9.59 Å². The first-order chi connectivity index (χ1) is 11.6. The topological polar surface area (TPSA) is 82.9 Å². The number of hydrogen-bond acceptors (Lipinski definition) is 6. The molecule has 2 heterocycles. The van der Waals surface area contributed by atoms with Crippen LogP contribution in [0.15, 0.2) is 33.1 Å². The Morgan fingerprint density at radius 1 is 0.917 bits per heavy atom. The molecule has 0 aromatic carbocycles. The van der Waals surface area contributed by atoms with Crippen molar-refractivity contribution in [3.63, 3.8) is 0 Å². The van der Waals surface area contributed by atoms with Crippen LogP contribution in [0.25, 0.3) is 0 Å². The Hall–Kier alpha value is -2.32. The quantitative estimate of drug-likeness (QED) is 0.586. The van der Waals surface area contributed by atoms with Crippen molar-refractivity contribution in [2.75, 3.05) is 0 Å². The molecule has 2 N–H and O–H groups in total. The number of rotatable bonds is 7. The van der Waals surface area contributed by atoms with Crippen molar-refractivity contribution < 1.29 is 9.59 Å². The first-order valence-electron chi connectivity index (χ1n) is 7.28. The monoisotopic (exact) mass is 362 g/mol. The van der Waals surface area contributed by atoms with Crippen LogP contribution in [0.1, 0.15) is 33.7 Å². The van der Waals surface area contributed by atoms with Gasteiger partial charge < -0.3 is 0 Å². The highest BCUT2D eigenvalue weighted by atomic mass is 32.1. The SMILES string of the molecule is Cc1ccsc1C=NNC(=O)CCC(=O)NN=Cc1sccc1C. The molecule has 2 amide bonds. The van der Waals surface area contributed by atoms with Gasteiger partial charge in [-0.1, -0.05) is 0 Å². The van der Waals surface area contributed by atoms with Crippen LogP contribution < -0.4 is 10.9 Å². The summed E-state index contributed by atoms with van der Waals surface area (Å²) in [4.78, 5) is 25.2. The van der Waals surface area contributed by atoms with E-state index in [-0.39, 0.29) is 24.7 Å². The minimum atomic E-state index is -0.311. The Morgan fingerprint density at radius 2 is 1.33 bits per heavy atom. The summed E-state index contributed by atoms with van der Waals surface area (Å²) in [6, 6.07) is 3.97. The molecule has 0 aliphatic heterocycles. The molecule has 2 aromatic heterocycles. The molecule has 0 aliphatic rings. The third-order valence-corrected chi connectivity index (χ3v) is 5.03. The number of carbonyl (C=O) groups is 2. The molecule has 126 valence electrons. The molecular weight excluding hydrogens is 344 g/mol. The molecule has 0 spiro atoms. The van der Waals surface area contributed by atoms with Gasteiger partial charge in [-0.3, -0.25) is 9.59 Å². The fourth-order valence-corrected chi connectivity index (χ4v) is 3.27. The van der Waals surface area contributed by atoms with E-state index in [0.717, 1.165) is 20.9 Å². The molecular formula is C16H18N4O2S2. The largest absolute Gasteiger partial charge is 0.273 e. The van der Waals surface area contributed by atoms with Gasteiger partial charge >= 0.3 is 0 Å². The van der Waals surface area contributed by atoms with E-state index >= 15 is 0 Å². The summed E-state index contributed by atoms with van der Waals surface area (Å²) in [6.45, 7) is 3.95. The number of aryl methyl sites for hydroxylation is 2. The molecule has 0 unspecified atom stereocenters. The molecule has 6 nitrogen and oxygen atoms in total. The van der Waals surface area contributed by atoms with Crippen molar-refractivity contribution in [3.05, 3.63) is 43.8 Å². The predicted molar refractivity (Wildman–Crippen MR) is 98.8 cm³/mol. The lowest BCUT2D eigenvalue weighted by Gasteiger charge is -2.00. The Labute approximate surface area is 148 Å². The van der Waals surface area contributed by atoms with E-state index in [4.69, 9.17) is 0 Å². The maximum Gasteiger partial charge on any atom is 0.240 e. The summed E-state index contributed by atoms with van der Waals surface area (Å²) in [7, 11) is 0. The summed E-state index contributed by atoms with van der Waals surface area (Å²) in [6.07, 6.45) is 3.32. The molecule has 0 aliphatic carbocycles. The van der Waals surface area contributed by atoms with Crippen LogP contribution in [0.5, 0.6) is 0 Å². The highest BCUT2D eigenvalue weighted by molar-refractivity contribution is 7.12. The molecule has 0 radical (unpaired) electrons. The molecule has 2 rings (SSSR count). The highest BCUT2D eigenvalue weighted by Crippen LogP contribution is 2.12. The van der Waals surface area contributed by atoms with Crippen LogP contribution in [-0.2, 0) is 9.59 Å². The number of hydrazone groups is 2. The van der Waals surface area contributed by atoms with E-state index in [0.29, 0.717) is 0 Å². The third-order valence-electron chi connectivity index (χ3n) is 3.12. The van der Waals surface area contributed by atoms with Gasteiger partial charge in [0.05, 0.1) is 12.4 Å². The predicted octanol–water partition coefficient (Wildman–Crippen LogP) is 2.81. The van der Waals surface area contributed by atoms with Gasteiger partial charge in [-0.05, 0) is 47.9 Å². The van der Waals surface area contributed by atoms with Crippen LogP contribution in [-0.4, -0.2) is 24.2 Å². The number of nitrogens with zero attached hydrogens (tertiary/aromatic N) is 2. The van der Waals surface area contributed by atoms with Crippen molar-refractivity contribution in [2.45, 2.75) is 26.7 Å². The molecule has 2 aromatic rings. The van der Waals surface area contributed by atoms with Gasteiger partial charge in [0.2, 0.25) is 11.8 Å². The van der Waals surface area contributed by atoms with Crippen molar-refractivity contribution >= 4 is 46.9 Å². The Bertz CT molecular complexity index is 697. The molecule has 0 saturated heterocycles. The van der Waals surface area contributed by atoms with E-state index in [1.807, 2.05) is 36.7 Å². The smallest absolute Gasteiger partial charge is 0.240 e. The van der Waals surface area contributed by atoms with Crippen molar-refractivity contribution in [3.8, 4) is 0 Å². The third kappa shape index (κ3) is 5.71. The Kier molecular flexibility index (Phi) is 6.83. The van der Waals surface area contributed by atoms with Gasteiger partial charge in [0, 0.05) is 22.6 Å². The Balaban J connectivity index is 1.67. The van der Waals surface area contributed by atoms with Gasteiger partial charge in [0.1, 0.15) is 0 Å². The van der Waals surface area contributed by atoms with Crippen molar-refractivity contribution in [2.24, 2.45) is 10.2 Å². The van der Waals surface area contributed by atoms with Crippen LogP contribution in [0.4, 0.5) is 0 Å². The molecule has 0 fully saturated rings. The summed E-state index contributed by atoms with van der Waals surface area (Å²) < 4.78 is 0. The minimum absolute atomic E-state index is 0.0557. The van der Waals surface area contributed by atoms with E-state index in [1.54, 1.807) is 35.1 Å². The normalized spacial score (nSPS) is 11.2. The van der Waals surface area contributed by atoms with E-state index < -0.39 is 0 Å². The zero-order valence-corrected chi connectivity index (χ0v) is 15.0. The fourth-order valence-electron chi connectivity index (χ4n) is 1.70. The molecule has 0 saturated carbocycles. The second-order valence-electron chi connectivity index (χ2n) is 5.02. The number of amides is 2. The number of nitrogens with one attached hydrogen (secondary N) is 2. The van der Waals surface area contributed by atoms with Crippen molar-refractivity contribution in [1.82, 2.24) is 10.9 Å². The zero-order chi connectivity index (χ0) is 17.4. The van der Waals surface area contributed by atoms with Crippen LogP contribution in [0, 0.1) is 13.8 Å². The number of carbonyl (C=O) groups excluding carboxylic acids is 2. The standard InChI is InChI=1S/C16H18N4O2S2/c1-11-5-7-23-13(11)9-17-19-15(21)3-4-16(22)20-18-10-14-12(2)6-8-24-14/h5-10H,3-4H2,1-2H3,(H,19,21)(H,20,22). The van der Waals surface area contributed by atoms with E-state index in [2.05, 4.69) is 21.1 Å². The lowest BCUT2D eigenvalue weighted by Crippen LogP contribution is -2.22. The van der Waals surface area contributed by atoms with Gasteiger partial charge in [-0.15, -0.1) is 22.7 Å². The maximum absolute atomic E-state index is 11.6. The van der Waals surface area contributed by atoms with Gasteiger partial charge in [-0.25, -0.2) is 10.9 Å². The summed E-state index contributed by atoms with van der Waals surface area (Å²) in [5.41, 5.74) is 7.03. The molecule has 24 heavy (non-hydrogen) atoms. The Morgan fingerprint density at radius 3 is 1.67 bits per heavy atom. The van der Waals surface area contributed by atoms with Gasteiger partial charge in [-0.2, -0.15) is 10.2 Å². The summed E-state index contributed by atoms with van der Waals surface area (Å²) >= 11 is 3.10. The highest BCUT2D eigenvalue weighted by Gasteiger charge is 2.05. The van der Waals surface area contributed by atoms with E-state index in [1.165, 1.54) is 0 Å². The molecule has 0 atom stereocenters. The van der Waals surface area contributed by atoms with Crippen LogP contribution in [0.3, 0.4) is 0 Å².